The average Bonchev–Trinajstić information content (AvgIpc) is 2.74. The van der Waals surface area contributed by atoms with Gasteiger partial charge in [0.25, 0.3) is 0 Å². The summed E-state index contributed by atoms with van der Waals surface area (Å²) in [5.74, 6) is 0.173. The third kappa shape index (κ3) is 1.94. The Hall–Kier alpha value is -1.55. The van der Waals surface area contributed by atoms with E-state index in [4.69, 9.17) is 10.2 Å². The first kappa shape index (κ1) is 9.98. The van der Waals surface area contributed by atoms with E-state index in [0.717, 1.165) is 0 Å². The van der Waals surface area contributed by atoms with Crippen molar-refractivity contribution in [1.82, 2.24) is 0 Å². The molecule has 0 bridgehead atoms. The number of nitrogens with two attached hydrogens (primary N) is 1. The first-order chi connectivity index (χ1) is 7.18. The van der Waals surface area contributed by atoms with Gasteiger partial charge in [-0.1, -0.05) is 0 Å². The Balaban J connectivity index is 2.39. The highest BCUT2D eigenvalue weighted by molar-refractivity contribution is 9.10. The van der Waals surface area contributed by atoms with E-state index in [-0.39, 0.29) is 5.78 Å². The number of hydrogen-bond donors (Lipinski definition) is 1. The van der Waals surface area contributed by atoms with Crippen molar-refractivity contribution in [3.8, 4) is 0 Å². The first-order valence-corrected chi connectivity index (χ1v) is 5.11. The number of carbonyl (C=O) groups is 1. The molecule has 0 radical (unpaired) electrons. The molecule has 15 heavy (non-hydrogen) atoms. The third-order valence-electron chi connectivity index (χ3n) is 2.01. The monoisotopic (exact) mass is 265 g/mol. The molecule has 0 spiro atoms. The number of furan rings is 1. The maximum atomic E-state index is 11.8. The zero-order valence-corrected chi connectivity index (χ0v) is 9.32. The van der Waals surface area contributed by atoms with Crippen molar-refractivity contribution in [2.45, 2.75) is 0 Å². The van der Waals surface area contributed by atoms with Crippen molar-refractivity contribution in [3.63, 3.8) is 0 Å². The maximum Gasteiger partial charge on any atom is 0.228 e. The van der Waals surface area contributed by atoms with Crippen LogP contribution in [0.4, 0.5) is 5.69 Å². The Bertz CT molecular complexity index is 491. The summed E-state index contributed by atoms with van der Waals surface area (Å²) in [5.41, 5.74) is 6.78. The molecule has 1 aromatic heterocycles. The van der Waals surface area contributed by atoms with Gasteiger partial charge in [-0.15, -0.1) is 0 Å². The van der Waals surface area contributed by atoms with Crippen LogP contribution in [0.2, 0.25) is 0 Å². The van der Waals surface area contributed by atoms with E-state index in [1.165, 1.54) is 6.26 Å². The van der Waals surface area contributed by atoms with Gasteiger partial charge in [0, 0.05) is 15.7 Å². The van der Waals surface area contributed by atoms with E-state index < -0.39 is 0 Å². The Morgan fingerprint density at radius 1 is 1.33 bits per heavy atom. The molecule has 0 aliphatic heterocycles. The fraction of sp³-hybridized carbons (Fsp3) is 0. The van der Waals surface area contributed by atoms with Gasteiger partial charge in [0.15, 0.2) is 5.76 Å². The largest absolute Gasteiger partial charge is 0.461 e. The van der Waals surface area contributed by atoms with Crippen molar-refractivity contribution in [3.05, 3.63) is 52.4 Å². The topological polar surface area (TPSA) is 56.2 Å². The molecule has 0 saturated heterocycles. The lowest BCUT2D eigenvalue weighted by Crippen LogP contribution is -2.00. The molecule has 0 unspecified atom stereocenters. The van der Waals surface area contributed by atoms with E-state index in [9.17, 15) is 4.79 Å². The highest BCUT2D eigenvalue weighted by Crippen LogP contribution is 2.22. The van der Waals surface area contributed by atoms with Crippen LogP contribution in [0.1, 0.15) is 16.1 Å². The van der Waals surface area contributed by atoms with Gasteiger partial charge in [0.1, 0.15) is 0 Å². The normalized spacial score (nSPS) is 10.2. The van der Waals surface area contributed by atoms with Gasteiger partial charge in [-0.3, -0.25) is 4.79 Å². The SMILES string of the molecule is Nc1ccc(C(=O)c2ccco2)cc1Br. The molecule has 1 aromatic carbocycles. The molecule has 2 aromatic rings. The standard InChI is InChI=1S/C11H8BrNO2/c12-8-6-7(3-4-9(8)13)11(14)10-2-1-5-15-10/h1-6H,13H2. The van der Waals surface area contributed by atoms with Crippen LogP contribution in [0.15, 0.2) is 45.5 Å². The fourth-order valence-corrected chi connectivity index (χ4v) is 1.60. The highest BCUT2D eigenvalue weighted by atomic mass is 79.9. The zero-order valence-electron chi connectivity index (χ0n) is 7.74. The quantitative estimate of drug-likeness (QED) is 0.671. The fourth-order valence-electron chi connectivity index (χ4n) is 1.22. The molecule has 4 heteroatoms. The number of benzene rings is 1. The minimum atomic E-state index is -0.152. The number of nitrogen functional groups attached to an aromatic ring is 1. The molecule has 0 saturated carbocycles. The van der Waals surface area contributed by atoms with Gasteiger partial charge in [0.2, 0.25) is 5.78 Å². The molecule has 76 valence electrons. The summed E-state index contributed by atoms with van der Waals surface area (Å²) < 4.78 is 5.73. The molecule has 0 aliphatic rings. The van der Waals surface area contributed by atoms with Gasteiger partial charge in [-0.25, -0.2) is 0 Å². The third-order valence-corrected chi connectivity index (χ3v) is 2.69. The van der Waals surface area contributed by atoms with Gasteiger partial charge in [0.05, 0.1) is 6.26 Å². The first-order valence-electron chi connectivity index (χ1n) is 4.31. The molecule has 3 nitrogen and oxygen atoms in total. The number of anilines is 1. The average molecular weight is 266 g/mol. The lowest BCUT2D eigenvalue weighted by atomic mass is 10.1. The van der Waals surface area contributed by atoms with Gasteiger partial charge >= 0.3 is 0 Å². The van der Waals surface area contributed by atoms with Crippen LogP contribution in [-0.4, -0.2) is 5.78 Å². The number of carbonyl (C=O) groups excluding carboxylic acids is 1. The van der Waals surface area contributed by atoms with Crippen molar-refractivity contribution in [2.24, 2.45) is 0 Å². The summed E-state index contributed by atoms with van der Waals surface area (Å²) >= 11 is 3.27. The van der Waals surface area contributed by atoms with Gasteiger partial charge in [-0.05, 0) is 46.3 Å². The van der Waals surface area contributed by atoms with Crippen LogP contribution >= 0.6 is 15.9 Å². The van der Waals surface area contributed by atoms with Gasteiger partial charge in [-0.2, -0.15) is 0 Å². The lowest BCUT2D eigenvalue weighted by Gasteiger charge is -2.01. The highest BCUT2D eigenvalue weighted by Gasteiger charge is 2.12. The van der Waals surface area contributed by atoms with E-state index >= 15 is 0 Å². The molecule has 2 N–H and O–H groups in total. The summed E-state index contributed by atoms with van der Waals surface area (Å²) in [7, 11) is 0. The summed E-state index contributed by atoms with van der Waals surface area (Å²) in [6, 6.07) is 8.34. The zero-order chi connectivity index (χ0) is 10.8. The summed E-state index contributed by atoms with van der Waals surface area (Å²) in [6.45, 7) is 0. The minimum Gasteiger partial charge on any atom is -0.461 e. The minimum absolute atomic E-state index is 0.152. The Morgan fingerprint density at radius 2 is 2.13 bits per heavy atom. The Kier molecular flexibility index (Phi) is 2.60. The van der Waals surface area contributed by atoms with E-state index in [2.05, 4.69) is 15.9 Å². The maximum absolute atomic E-state index is 11.8. The van der Waals surface area contributed by atoms with Crippen molar-refractivity contribution < 1.29 is 9.21 Å². The molecule has 0 aliphatic carbocycles. The predicted molar refractivity (Wildman–Crippen MR) is 60.7 cm³/mol. The van der Waals surface area contributed by atoms with Crippen LogP contribution in [0.25, 0.3) is 0 Å². The number of hydrogen-bond acceptors (Lipinski definition) is 3. The number of rotatable bonds is 2. The van der Waals surface area contributed by atoms with Crippen LogP contribution in [0.3, 0.4) is 0 Å². The van der Waals surface area contributed by atoms with E-state index in [0.29, 0.717) is 21.5 Å². The van der Waals surface area contributed by atoms with Crippen molar-refractivity contribution >= 4 is 27.4 Å². The molecule has 2 rings (SSSR count). The second kappa shape index (κ2) is 3.90. The smallest absolute Gasteiger partial charge is 0.228 e. The second-order valence-corrected chi connectivity index (χ2v) is 3.90. The molecular weight excluding hydrogens is 258 g/mol. The van der Waals surface area contributed by atoms with Gasteiger partial charge < -0.3 is 10.2 Å². The van der Waals surface area contributed by atoms with Crippen LogP contribution < -0.4 is 5.73 Å². The van der Waals surface area contributed by atoms with Crippen molar-refractivity contribution in [1.29, 1.82) is 0 Å². The molecule has 0 atom stereocenters. The summed E-state index contributed by atoms with van der Waals surface area (Å²) in [5, 5.41) is 0. The molecular formula is C11H8BrNO2. The Morgan fingerprint density at radius 3 is 2.73 bits per heavy atom. The van der Waals surface area contributed by atoms with Crippen molar-refractivity contribution in [2.75, 3.05) is 5.73 Å². The van der Waals surface area contributed by atoms with Crippen LogP contribution in [0, 0.1) is 0 Å². The van der Waals surface area contributed by atoms with E-state index in [1.54, 1.807) is 30.3 Å². The lowest BCUT2D eigenvalue weighted by molar-refractivity contribution is 0.101. The van der Waals surface area contributed by atoms with E-state index in [1.807, 2.05) is 0 Å². The molecule has 0 amide bonds. The Labute approximate surface area is 95.0 Å². The second-order valence-electron chi connectivity index (χ2n) is 3.04. The van der Waals surface area contributed by atoms with Crippen LogP contribution in [0.5, 0.6) is 0 Å². The van der Waals surface area contributed by atoms with Crippen LogP contribution in [-0.2, 0) is 0 Å². The summed E-state index contributed by atoms with van der Waals surface area (Å²) in [6.07, 6.45) is 1.47. The number of ketones is 1. The summed E-state index contributed by atoms with van der Waals surface area (Å²) in [4.78, 5) is 11.8. The predicted octanol–water partition coefficient (Wildman–Crippen LogP) is 2.86. The molecule has 0 fully saturated rings. The number of halogens is 1. The molecule has 1 heterocycles.